The van der Waals surface area contributed by atoms with Gasteiger partial charge in [-0.25, -0.2) is 0 Å². The smallest absolute Gasteiger partial charge is 0.224 e. The van der Waals surface area contributed by atoms with Gasteiger partial charge in [0.2, 0.25) is 5.91 Å². The second kappa shape index (κ2) is 7.41. The van der Waals surface area contributed by atoms with E-state index in [2.05, 4.69) is 41.2 Å². The summed E-state index contributed by atoms with van der Waals surface area (Å²) in [5.74, 6) is -0.0790. The number of carbonyl (C=O) groups excluding carboxylic acids is 1. The van der Waals surface area contributed by atoms with Gasteiger partial charge in [0.25, 0.3) is 0 Å². The van der Waals surface area contributed by atoms with Gasteiger partial charge >= 0.3 is 0 Å². The van der Waals surface area contributed by atoms with Crippen LogP contribution >= 0.6 is 15.9 Å². The van der Waals surface area contributed by atoms with Crippen molar-refractivity contribution in [2.75, 3.05) is 11.9 Å². The fourth-order valence-corrected chi connectivity index (χ4v) is 2.26. The maximum absolute atomic E-state index is 12.0. The van der Waals surface area contributed by atoms with Gasteiger partial charge < -0.3 is 11.1 Å². The van der Waals surface area contributed by atoms with Crippen molar-refractivity contribution >= 4 is 27.5 Å². The van der Waals surface area contributed by atoms with Crippen LogP contribution in [0.1, 0.15) is 38.7 Å². The highest BCUT2D eigenvalue weighted by Crippen LogP contribution is 2.26. The zero-order valence-corrected chi connectivity index (χ0v) is 13.5. The van der Waals surface area contributed by atoms with E-state index < -0.39 is 0 Å². The molecule has 0 saturated heterocycles. The summed E-state index contributed by atoms with van der Waals surface area (Å²) < 4.78 is 0.829. The molecular weight excluding hydrogens is 318 g/mol. The lowest BCUT2D eigenvalue weighted by Crippen LogP contribution is -2.21. The molecule has 0 radical (unpaired) electrons. The van der Waals surface area contributed by atoms with Crippen LogP contribution in [0.2, 0.25) is 0 Å². The first-order valence-electron chi connectivity index (χ1n) is 6.57. The van der Waals surface area contributed by atoms with Gasteiger partial charge in [-0.1, -0.05) is 29.8 Å². The second-order valence-corrected chi connectivity index (χ2v) is 6.47. The fraction of sp³-hybridized carbons (Fsp3) is 0.467. The second-order valence-electron chi connectivity index (χ2n) is 5.55. The van der Waals surface area contributed by atoms with Gasteiger partial charge in [0.1, 0.15) is 6.07 Å². The van der Waals surface area contributed by atoms with Crippen molar-refractivity contribution in [2.24, 2.45) is 11.1 Å². The Hall–Kier alpha value is -1.38. The molecule has 0 heterocycles. The monoisotopic (exact) mass is 337 g/mol. The molecule has 0 aliphatic rings. The number of amides is 1. The molecule has 0 saturated carbocycles. The maximum atomic E-state index is 12.0. The molecule has 0 aliphatic carbocycles. The molecule has 4 nitrogen and oxygen atoms in total. The Morgan fingerprint density at radius 3 is 2.75 bits per heavy atom. The third-order valence-corrected chi connectivity index (χ3v) is 3.72. The number of hydrogen-bond acceptors (Lipinski definition) is 3. The number of rotatable bonds is 6. The van der Waals surface area contributed by atoms with Gasteiger partial charge in [-0.05, 0) is 43.0 Å². The first-order chi connectivity index (χ1) is 9.38. The van der Waals surface area contributed by atoms with Crippen molar-refractivity contribution in [1.82, 2.24) is 0 Å². The molecule has 1 aromatic carbocycles. The van der Waals surface area contributed by atoms with E-state index in [1.807, 2.05) is 0 Å². The molecule has 0 aliphatic heterocycles. The van der Waals surface area contributed by atoms with E-state index in [0.29, 0.717) is 24.2 Å². The lowest BCUT2D eigenvalue weighted by Gasteiger charge is -2.23. The average Bonchev–Trinajstić information content (AvgIpc) is 2.37. The van der Waals surface area contributed by atoms with Crippen LogP contribution in [-0.4, -0.2) is 12.5 Å². The number of benzene rings is 1. The predicted octanol–water partition coefficient (Wildman–Crippen LogP) is 3.41. The molecule has 1 amide bonds. The van der Waals surface area contributed by atoms with Gasteiger partial charge in [-0.15, -0.1) is 0 Å². The Labute approximate surface area is 128 Å². The number of halogens is 1. The highest BCUT2D eigenvalue weighted by Gasteiger charge is 2.18. The number of nitriles is 1. The molecule has 5 heteroatoms. The first-order valence-corrected chi connectivity index (χ1v) is 7.37. The van der Waals surface area contributed by atoms with Crippen LogP contribution in [0.15, 0.2) is 22.7 Å². The van der Waals surface area contributed by atoms with E-state index in [1.165, 1.54) is 0 Å². The molecular formula is C15H20BrN3O. The SMILES string of the molecule is CC(C)(CCN)CCC(=O)Nc1cc(Br)ccc1C#N. The quantitative estimate of drug-likeness (QED) is 0.834. The van der Waals surface area contributed by atoms with Gasteiger partial charge in [0, 0.05) is 10.9 Å². The summed E-state index contributed by atoms with van der Waals surface area (Å²) in [6, 6.07) is 7.26. The molecule has 0 unspecified atom stereocenters. The summed E-state index contributed by atoms with van der Waals surface area (Å²) in [5, 5.41) is 11.8. The van der Waals surface area contributed by atoms with Gasteiger partial charge in [0.15, 0.2) is 0 Å². The van der Waals surface area contributed by atoms with Crippen molar-refractivity contribution in [3.05, 3.63) is 28.2 Å². The molecule has 20 heavy (non-hydrogen) atoms. The Balaban J connectivity index is 2.64. The molecule has 0 atom stereocenters. The molecule has 108 valence electrons. The van der Waals surface area contributed by atoms with Crippen LogP contribution in [0.3, 0.4) is 0 Å². The van der Waals surface area contributed by atoms with Crippen molar-refractivity contribution in [3.8, 4) is 6.07 Å². The number of anilines is 1. The Bertz CT molecular complexity index is 520. The van der Waals surface area contributed by atoms with Gasteiger partial charge in [0.05, 0.1) is 11.3 Å². The van der Waals surface area contributed by atoms with E-state index in [0.717, 1.165) is 17.3 Å². The minimum atomic E-state index is -0.0790. The normalized spacial score (nSPS) is 10.9. The zero-order chi connectivity index (χ0) is 15.2. The molecule has 1 rings (SSSR count). The van der Waals surface area contributed by atoms with Crippen molar-refractivity contribution < 1.29 is 4.79 Å². The third-order valence-electron chi connectivity index (χ3n) is 3.23. The molecule has 0 fully saturated rings. The number of nitrogens with two attached hydrogens (primary N) is 1. The minimum Gasteiger partial charge on any atom is -0.330 e. The number of nitrogens with zero attached hydrogens (tertiary/aromatic N) is 1. The summed E-state index contributed by atoms with van der Waals surface area (Å²) in [7, 11) is 0. The summed E-state index contributed by atoms with van der Waals surface area (Å²) in [6.45, 7) is 4.83. The standard InChI is InChI=1S/C15H20BrN3O/c1-15(2,7-8-17)6-5-14(20)19-13-9-12(16)4-3-11(13)10-18/h3-4,9H,5-8,17H2,1-2H3,(H,19,20). The minimum absolute atomic E-state index is 0.0570. The Kier molecular flexibility index (Phi) is 6.18. The van der Waals surface area contributed by atoms with Crippen LogP contribution in [0, 0.1) is 16.7 Å². The highest BCUT2D eigenvalue weighted by molar-refractivity contribution is 9.10. The van der Waals surface area contributed by atoms with E-state index >= 15 is 0 Å². The van der Waals surface area contributed by atoms with E-state index in [-0.39, 0.29) is 11.3 Å². The number of nitrogens with one attached hydrogen (secondary N) is 1. The van der Waals surface area contributed by atoms with E-state index in [9.17, 15) is 4.79 Å². The topological polar surface area (TPSA) is 78.9 Å². The first kappa shape index (κ1) is 16.7. The number of carbonyl (C=O) groups is 1. The summed E-state index contributed by atoms with van der Waals surface area (Å²) in [5.41, 5.74) is 6.62. The van der Waals surface area contributed by atoms with Crippen LogP contribution in [0.5, 0.6) is 0 Å². The largest absolute Gasteiger partial charge is 0.330 e. The summed E-state index contributed by atoms with van der Waals surface area (Å²) >= 11 is 3.33. The molecule has 0 spiro atoms. The zero-order valence-electron chi connectivity index (χ0n) is 11.9. The van der Waals surface area contributed by atoms with E-state index in [4.69, 9.17) is 11.0 Å². The van der Waals surface area contributed by atoms with Gasteiger partial charge in [-0.3, -0.25) is 4.79 Å². The van der Waals surface area contributed by atoms with Gasteiger partial charge in [-0.2, -0.15) is 5.26 Å². The van der Waals surface area contributed by atoms with Crippen molar-refractivity contribution in [3.63, 3.8) is 0 Å². The Morgan fingerprint density at radius 2 is 2.15 bits per heavy atom. The molecule has 0 bridgehead atoms. The highest BCUT2D eigenvalue weighted by atomic mass is 79.9. The van der Waals surface area contributed by atoms with Crippen LogP contribution in [-0.2, 0) is 4.79 Å². The van der Waals surface area contributed by atoms with Crippen LogP contribution in [0.4, 0.5) is 5.69 Å². The summed E-state index contributed by atoms with van der Waals surface area (Å²) in [6.07, 6.45) is 2.08. The third kappa shape index (κ3) is 5.32. The fourth-order valence-electron chi connectivity index (χ4n) is 1.90. The molecule has 3 N–H and O–H groups in total. The number of hydrogen-bond donors (Lipinski definition) is 2. The lowest BCUT2D eigenvalue weighted by molar-refractivity contribution is -0.116. The Morgan fingerprint density at radius 1 is 1.45 bits per heavy atom. The summed E-state index contributed by atoms with van der Waals surface area (Å²) in [4.78, 5) is 12.0. The average molecular weight is 338 g/mol. The van der Waals surface area contributed by atoms with E-state index in [1.54, 1.807) is 18.2 Å². The maximum Gasteiger partial charge on any atom is 0.224 e. The van der Waals surface area contributed by atoms with Crippen LogP contribution < -0.4 is 11.1 Å². The molecule has 0 aromatic heterocycles. The molecule has 1 aromatic rings. The van der Waals surface area contributed by atoms with Crippen molar-refractivity contribution in [2.45, 2.75) is 33.1 Å². The lowest BCUT2D eigenvalue weighted by atomic mass is 9.84. The van der Waals surface area contributed by atoms with Crippen LogP contribution in [0.25, 0.3) is 0 Å². The van der Waals surface area contributed by atoms with Crippen molar-refractivity contribution in [1.29, 1.82) is 5.26 Å². The predicted molar refractivity (Wildman–Crippen MR) is 84.2 cm³/mol.